The maximum absolute atomic E-state index is 5.92. The molecule has 4 rings (SSSR count). The second kappa shape index (κ2) is 5.49. The van der Waals surface area contributed by atoms with Gasteiger partial charge in [-0.25, -0.2) is 9.97 Å². The van der Waals surface area contributed by atoms with Crippen molar-refractivity contribution in [1.82, 2.24) is 19.5 Å². The van der Waals surface area contributed by atoms with Gasteiger partial charge in [0.1, 0.15) is 17.4 Å². The number of ether oxygens (including phenoxy) is 1. The second-order valence-electron chi connectivity index (χ2n) is 6.76. The van der Waals surface area contributed by atoms with Crippen molar-refractivity contribution in [2.45, 2.75) is 38.2 Å². The summed E-state index contributed by atoms with van der Waals surface area (Å²) < 4.78 is 7.97. The molecular formula is C19H19N5O. The van der Waals surface area contributed by atoms with Crippen molar-refractivity contribution in [3.63, 3.8) is 0 Å². The summed E-state index contributed by atoms with van der Waals surface area (Å²) in [7, 11) is 0. The fourth-order valence-electron chi connectivity index (χ4n) is 2.81. The monoisotopic (exact) mass is 333 g/mol. The molecule has 3 aromatic rings. The topological polar surface area (TPSA) is 78.8 Å². The summed E-state index contributed by atoms with van der Waals surface area (Å²) in [5.41, 5.74) is 6.91. The number of nitrogens with zero attached hydrogens (tertiary/aromatic N) is 4. The summed E-state index contributed by atoms with van der Waals surface area (Å²) in [6, 6.07) is 7.63. The highest BCUT2D eigenvalue weighted by atomic mass is 16.5. The highest BCUT2D eigenvalue weighted by Gasteiger charge is 2.30. The van der Waals surface area contributed by atoms with Gasteiger partial charge in [0, 0.05) is 18.2 Å². The Hall–Kier alpha value is -3.07. The quantitative estimate of drug-likeness (QED) is 0.742. The fourth-order valence-corrected chi connectivity index (χ4v) is 2.81. The van der Waals surface area contributed by atoms with Crippen molar-refractivity contribution < 1.29 is 4.74 Å². The Kier molecular flexibility index (Phi) is 3.39. The Labute approximate surface area is 146 Å². The zero-order valence-corrected chi connectivity index (χ0v) is 14.2. The van der Waals surface area contributed by atoms with E-state index in [9.17, 15) is 0 Å². The first-order valence-electron chi connectivity index (χ1n) is 8.25. The molecule has 1 saturated carbocycles. The van der Waals surface area contributed by atoms with Crippen molar-refractivity contribution in [2.75, 3.05) is 5.73 Å². The number of anilines is 1. The van der Waals surface area contributed by atoms with Gasteiger partial charge in [0.2, 0.25) is 5.95 Å². The lowest BCUT2D eigenvalue weighted by atomic mass is 10.1. The Morgan fingerprint density at radius 1 is 1.28 bits per heavy atom. The van der Waals surface area contributed by atoms with E-state index in [1.807, 2.05) is 42.7 Å². The average Bonchev–Trinajstić information content (AvgIpc) is 3.35. The number of rotatable bonds is 4. The molecule has 126 valence electrons. The third-order valence-electron chi connectivity index (χ3n) is 4.20. The van der Waals surface area contributed by atoms with E-state index in [1.165, 1.54) is 0 Å². The van der Waals surface area contributed by atoms with Gasteiger partial charge in [-0.05, 0) is 44.9 Å². The molecule has 0 unspecified atom stereocenters. The number of terminal acetylenes is 1. The van der Waals surface area contributed by atoms with Crippen molar-refractivity contribution in [3.8, 4) is 23.9 Å². The summed E-state index contributed by atoms with van der Waals surface area (Å²) in [5.74, 6) is 5.74. The van der Waals surface area contributed by atoms with Crippen LogP contribution in [0.5, 0.6) is 5.75 Å². The number of nitrogens with two attached hydrogens (primary N) is 1. The van der Waals surface area contributed by atoms with Crippen LogP contribution in [-0.2, 0) is 0 Å². The molecule has 2 N–H and O–H groups in total. The molecule has 6 heteroatoms. The van der Waals surface area contributed by atoms with Gasteiger partial charge in [0.15, 0.2) is 5.60 Å². The second-order valence-corrected chi connectivity index (χ2v) is 6.76. The Bertz CT molecular complexity index is 995. The molecule has 0 saturated heterocycles. The standard InChI is InChI=1S/C19H19N5O/c1-4-19(2,3)25-13-7-8-14-15(11-13)24(17(22-14)12-5-6-12)16-9-10-21-18(20)23-16/h1,7-12H,5-6H2,2-3H3,(H2,20,21,23). The summed E-state index contributed by atoms with van der Waals surface area (Å²) in [4.78, 5) is 13.2. The summed E-state index contributed by atoms with van der Waals surface area (Å²) in [6.07, 6.45) is 9.46. The third kappa shape index (κ3) is 2.89. The van der Waals surface area contributed by atoms with Gasteiger partial charge in [-0.15, -0.1) is 6.42 Å². The van der Waals surface area contributed by atoms with Crippen LogP contribution < -0.4 is 10.5 Å². The molecule has 0 aliphatic heterocycles. The number of imidazole rings is 1. The molecule has 0 amide bonds. The molecule has 1 aromatic carbocycles. The molecule has 6 nitrogen and oxygen atoms in total. The van der Waals surface area contributed by atoms with Gasteiger partial charge in [0.25, 0.3) is 0 Å². The van der Waals surface area contributed by atoms with Crippen molar-refractivity contribution in [2.24, 2.45) is 0 Å². The summed E-state index contributed by atoms with van der Waals surface area (Å²) >= 11 is 0. The average molecular weight is 333 g/mol. The molecule has 0 spiro atoms. The molecule has 1 fully saturated rings. The lowest BCUT2D eigenvalue weighted by molar-refractivity contribution is 0.173. The number of hydrogen-bond acceptors (Lipinski definition) is 5. The molecule has 0 bridgehead atoms. The van der Waals surface area contributed by atoms with Crippen molar-refractivity contribution in [3.05, 3.63) is 36.3 Å². The van der Waals surface area contributed by atoms with Crippen LogP contribution in [0.4, 0.5) is 5.95 Å². The van der Waals surface area contributed by atoms with Gasteiger partial charge in [-0.3, -0.25) is 4.57 Å². The number of hydrogen-bond donors (Lipinski definition) is 1. The van der Waals surface area contributed by atoms with Crippen LogP contribution in [0.2, 0.25) is 0 Å². The van der Waals surface area contributed by atoms with Gasteiger partial charge < -0.3 is 10.5 Å². The van der Waals surface area contributed by atoms with E-state index in [0.29, 0.717) is 17.5 Å². The number of aromatic nitrogens is 4. The number of benzene rings is 1. The highest BCUT2D eigenvalue weighted by Crippen LogP contribution is 2.42. The maximum atomic E-state index is 5.92. The Balaban J connectivity index is 1.89. The van der Waals surface area contributed by atoms with Crippen LogP contribution in [0.25, 0.3) is 16.9 Å². The van der Waals surface area contributed by atoms with Gasteiger partial charge in [0.05, 0.1) is 11.0 Å². The first-order chi connectivity index (χ1) is 12.0. The SMILES string of the molecule is C#CC(C)(C)Oc1ccc2nc(C3CC3)n(-c3ccnc(N)n3)c2c1. The first kappa shape index (κ1) is 15.5. The molecule has 0 radical (unpaired) electrons. The van der Waals surface area contributed by atoms with E-state index in [1.54, 1.807) is 6.20 Å². The minimum absolute atomic E-state index is 0.238. The first-order valence-corrected chi connectivity index (χ1v) is 8.25. The molecule has 25 heavy (non-hydrogen) atoms. The van der Waals surface area contributed by atoms with Crippen molar-refractivity contribution >= 4 is 17.0 Å². The third-order valence-corrected chi connectivity index (χ3v) is 4.20. The number of nitrogen functional groups attached to an aromatic ring is 1. The van der Waals surface area contributed by atoms with Crippen LogP contribution in [0.3, 0.4) is 0 Å². The van der Waals surface area contributed by atoms with E-state index >= 15 is 0 Å². The van der Waals surface area contributed by atoms with E-state index < -0.39 is 5.60 Å². The molecule has 1 aliphatic rings. The molecular weight excluding hydrogens is 314 g/mol. The predicted octanol–water partition coefficient (Wildman–Crippen LogP) is 3.07. The molecule has 0 atom stereocenters. The van der Waals surface area contributed by atoms with E-state index in [0.717, 1.165) is 29.7 Å². The lowest BCUT2D eigenvalue weighted by Crippen LogP contribution is -2.25. The van der Waals surface area contributed by atoms with Gasteiger partial charge in [-0.1, -0.05) is 5.92 Å². The van der Waals surface area contributed by atoms with Crippen LogP contribution in [0.1, 0.15) is 38.4 Å². The Morgan fingerprint density at radius 2 is 2.08 bits per heavy atom. The van der Waals surface area contributed by atoms with E-state index in [-0.39, 0.29) is 5.95 Å². The highest BCUT2D eigenvalue weighted by molar-refractivity contribution is 5.80. The fraction of sp³-hybridized carbons (Fsp3) is 0.316. The van der Waals surface area contributed by atoms with E-state index in [4.69, 9.17) is 21.9 Å². The minimum Gasteiger partial charge on any atom is -0.475 e. The zero-order chi connectivity index (χ0) is 17.6. The predicted molar refractivity (Wildman–Crippen MR) is 96.6 cm³/mol. The van der Waals surface area contributed by atoms with Crippen LogP contribution in [0.15, 0.2) is 30.5 Å². The van der Waals surface area contributed by atoms with Gasteiger partial charge >= 0.3 is 0 Å². The Morgan fingerprint density at radius 3 is 2.76 bits per heavy atom. The minimum atomic E-state index is -0.683. The largest absolute Gasteiger partial charge is 0.475 e. The normalized spacial score (nSPS) is 14.4. The van der Waals surface area contributed by atoms with Crippen LogP contribution in [0, 0.1) is 12.3 Å². The summed E-state index contributed by atoms with van der Waals surface area (Å²) in [6.45, 7) is 3.71. The zero-order valence-electron chi connectivity index (χ0n) is 14.2. The molecule has 1 aliphatic carbocycles. The molecule has 2 aromatic heterocycles. The van der Waals surface area contributed by atoms with Crippen molar-refractivity contribution in [1.29, 1.82) is 0 Å². The van der Waals surface area contributed by atoms with E-state index in [2.05, 4.69) is 15.9 Å². The van der Waals surface area contributed by atoms with Crippen LogP contribution in [-0.4, -0.2) is 25.1 Å². The lowest BCUT2D eigenvalue weighted by Gasteiger charge is -2.20. The summed E-state index contributed by atoms with van der Waals surface area (Å²) in [5, 5.41) is 0. The molecule has 2 heterocycles. The van der Waals surface area contributed by atoms with Gasteiger partial charge in [-0.2, -0.15) is 4.98 Å². The number of fused-ring (bicyclic) bond motifs is 1. The van der Waals surface area contributed by atoms with Crippen LogP contribution >= 0.6 is 0 Å². The smallest absolute Gasteiger partial charge is 0.221 e. The maximum Gasteiger partial charge on any atom is 0.221 e.